The molecular weight excluding hydrogens is 428 g/mol. The van der Waals surface area contributed by atoms with Gasteiger partial charge in [0.15, 0.2) is 4.96 Å². The van der Waals surface area contributed by atoms with E-state index < -0.39 is 0 Å². The highest BCUT2D eigenvalue weighted by molar-refractivity contribution is 7.23. The van der Waals surface area contributed by atoms with E-state index >= 15 is 0 Å². The smallest absolute Gasteiger partial charge is 0.254 e. The lowest BCUT2D eigenvalue weighted by Gasteiger charge is -2.36. The maximum absolute atomic E-state index is 13.2. The molecule has 1 aliphatic rings. The fourth-order valence-corrected chi connectivity index (χ4v) is 5.53. The number of piperazine rings is 1. The largest absolute Gasteiger partial charge is 0.368 e. The number of para-hydroxylation sites is 1. The van der Waals surface area contributed by atoms with E-state index in [1.165, 1.54) is 11.3 Å². The molecule has 1 aliphatic heterocycles. The maximum Gasteiger partial charge on any atom is 0.254 e. The van der Waals surface area contributed by atoms with Crippen molar-refractivity contribution in [1.29, 1.82) is 0 Å². The molecule has 1 fully saturated rings. The molecule has 1 saturated heterocycles. The summed E-state index contributed by atoms with van der Waals surface area (Å²) in [4.78, 5) is 23.3. The second kappa shape index (κ2) is 8.05. The molecule has 0 unspecified atom stereocenters. The monoisotopic (exact) mass is 452 g/mol. The molecule has 0 N–H and O–H groups in total. The minimum atomic E-state index is 0.107. The molecule has 0 aliphatic carbocycles. The third-order valence-electron chi connectivity index (χ3n) is 6.38. The van der Waals surface area contributed by atoms with Crippen LogP contribution in [0.1, 0.15) is 15.9 Å². The zero-order chi connectivity index (χ0) is 22.4. The molecule has 3 aromatic carbocycles. The van der Waals surface area contributed by atoms with Crippen molar-refractivity contribution >= 4 is 38.1 Å². The SMILES string of the molecule is Cc1ccc(-c2cn3c(n2)sc2cc(C(=O)N4CCN(c5ccccc5)CC4)ccc23)cc1. The lowest BCUT2D eigenvalue weighted by molar-refractivity contribution is 0.0747. The van der Waals surface area contributed by atoms with Crippen molar-refractivity contribution in [3.05, 3.63) is 90.1 Å². The number of nitrogens with zero attached hydrogens (tertiary/aromatic N) is 4. The Kier molecular flexibility index (Phi) is 4.88. The van der Waals surface area contributed by atoms with Gasteiger partial charge in [-0.3, -0.25) is 9.20 Å². The molecule has 6 heteroatoms. The second-order valence-electron chi connectivity index (χ2n) is 8.54. The fraction of sp³-hybridized carbons (Fsp3) is 0.185. The Hall–Kier alpha value is -3.64. The van der Waals surface area contributed by atoms with Gasteiger partial charge < -0.3 is 9.80 Å². The van der Waals surface area contributed by atoms with Crippen LogP contribution in [-0.2, 0) is 0 Å². The Labute approximate surface area is 196 Å². The van der Waals surface area contributed by atoms with Crippen molar-refractivity contribution in [3.63, 3.8) is 0 Å². The molecule has 0 radical (unpaired) electrons. The maximum atomic E-state index is 13.2. The van der Waals surface area contributed by atoms with Crippen molar-refractivity contribution in [2.24, 2.45) is 0 Å². The predicted molar refractivity (Wildman–Crippen MR) is 135 cm³/mol. The van der Waals surface area contributed by atoms with Gasteiger partial charge in [0, 0.05) is 49.2 Å². The van der Waals surface area contributed by atoms with Crippen molar-refractivity contribution in [2.45, 2.75) is 6.92 Å². The molecule has 2 aromatic heterocycles. The number of hydrogen-bond acceptors (Lipinski definition) is 4. The molecule has 0 bridgehead atoms. The van der Waals surface area contributed by atoms with Crippen LogP contribution in [-0.4, -0.2) is 46.4 Å². The number of anilines is 1. The van der Waals surface area contributed by atoms with Gasteiger partial charge in [0.1, 0.15) is 0 Å². The van der Waals surface area contributed by atoms with Crippen LogP contribution in [0, 0.1) is 6.92 Å². The van der Waals surface area contributed by atoms with Crippen molar-refractivity contribution in [3.8, 4) is 11.3 Å². The number of fused-ring (bicyclic) bond motifs is 3. The summed E-state index contributed by atoms with van der Waals surface area (Å²) in [6.45, 7) is 5.27. The number of thiazole rings is 1. The minimum absolute atomic E-state index is 0.107. The summed E-state index contributed by atoms with van der Waals surface area (Å²) in [5, 5.41) is 0. The normalized spacial score (nSPS) is 14.3. The topological polar surface area (TPSA) is 40.9 Å². The van der Waals surface area contributed by atoms with Crippen molar-refractivity contribution in [2.75, 3.05) is 31.1 Å². The Bertz CT molecular complexity index is 1440. The third kappa shape index (κ3) is 3.66. The molecule has 1 amide bonds. The van der Waals surface area contributed by atoms with Gasteiger partial charge in [-0.15, -0.1) is 0 Å². The lowest BCUT2D eigenvalue weighted by Crippen LogP contribution is -2.48. The summed E-state index contributed by atoms with van der Waals surface area (Å²) in [7, 11) is 0. The number of aryl methyl sites for hydroxylation is 1. The highest BCUT2D eigenvalue weighted by Crippen LogP contribution is 2.30. The average Bonchev–Trinajstić information content (AvgIpc) is 3.42. The number of imidazole rings is 1. The van der Waals surface area contributed by atoms with Crippen LogP contribution >= 0.6 is 11.3 Å². The van der Waals surface area contributed by atoms with Gasteiger partial charge >= 0.3 is 0 Å². The quantitative estimate of drug-likeness (QED) is 0.364. The van der Waals surface area contributed by atoms with Crippen LogP contribution in [0.4, 0.5) is 5.69 Å². The Morgan fingerprint density at radius 3 is 2.42 bits per heavy atom. The van der Waals surface area contributed by atoms with E-state index in [2.05, 4.69) is 71.0 Å². The van der Waals surface area contributed by atoms with E-state index in [-0.39, 0.29) is 5.91 Å². The number of amides is 1. The third-order valence-corrected chi connectivity index (χ3v) is 7.39. The summed E-state index contributed by atoms with van der Waals surface area (Å²) in [6, 6.07) is 24.9. The van der Waals surface area contributed by atoms with Gasteiger partial charge in [0.2, 0.25) is 0 Å². The van der Waals surface area contributed by atoms with Crippen LogP contribution in [0.25, 0.3) is 26.4 Å². The first-order valence-electron chi connectivity index (χ1n) is 11.2. The zero-order valence-electron chi connectivity index (χ0n) is 18.4. The molecule has 5 nitrogen and oxygen atoms in total. The molecule has 5 aromatic rings. The minimum Gasteiger partial charge on any atom is -0.368 e. The predicted octanol–water partition coefficient (Wildman–Crippen LogP) is 5.49. The van der Waals surface area contributed by atoms with Gasteiger partial charge in [0.05, 0.1) is 15.9 Å². The van der Waals surface area contributed by atoms with Gasteiger partial charge in [-0.05, 0) is 37.3 Å². The average molecular weight is 453 g/mol. The van der Waals surface area contributed by atoms with Crippen LogP contribution < -0.4 is 4.90 Å². The van der Waals surface area contributed by atoms with E-state index in [4.69, 9.17) is 4.98 Å². The number of carbonyl (C=O) groups excluding carboxylic acids is 1. The van der Waals surface area contributed by atoms with Gasteiger partial charge in [-0.2, -0.15) is 0 Å². The van der Waals surface area contributed by atoms with Crippen molar-refractivity contribution in [1.82, 2.24) is 14.3 Å². The van der Waals surface area contributed by atoms with E-state index in [1.54, 1.807) is 11.3 Å². The molecule has 33 heavy (non-hydrogen) atoms. The van der Waals surface area contributed by atoms with Crippen LogP contribution in [0.3, 0.4) is 0 Å². The first-order chi connectivity index (χ1) is 16.2. The standard InChI is InChI=1S/C27H24N4OS/c1-19-7-9-20(10-8-19)23-18-31-24-12-11-21(17-25(24)33-27(31)28-23)26(32)30-15-13-29(14-16-30)22-5-3-2-4-6-22/h2-12,17-18H,13-16H2,1H3. The van der Waals surface area contributed by atoms with Crippen LogP contribution in [0.15, 0.2) is 79.0 Å². The van der Waals surface area contributed by atoms with Crippen LogP contribution in [0.2, 0.25) is 0 Å². The summed E-state index contributed by atoms with van der Waals surface area (Å²) >= 11 is 1.63. The van der Waals surface area contributed by atoms with E-state index in [0.29, 0.717) is 0 Å². The Morgan fingerprint density at radius 1 is 0.909 bits per heavy atom. The van der Waals surface area contributed by atoms with E-state index in [0.717, 1.165) is 58.2 Å². The highest BCUT2D eigenvalue weighted by Gasteiger charge is 2.23. The summed E-state index contributed by atoms with van der Waals surface area (Å²) in [5.74, 6) is 0.107. The second-order valence-corrected chi connectivity index (χ2v) is 9.55. The zero-order valence-corrected chi connectivity index (χ0v) is 19.3. The molecular formula is C27H24N4OS. The lowest BCUT2D eigenvalue weighted by atomic mass is 10.1. The molecule has 0 spiro atoms. The summed E-state index contributed by atoms with van der Waals surface area (Å²) < 4.78 is 3.21. The number of hydrogen-bond donors (Lipinski definition) is 0. The molecule has 0 saturated carbocycles. The van der Waals surface area contributed by atoms with E-state index in [1.807, 2.05) is 29.2 Å². The Morgan fingerprint density at radius 2 is 1.67 bits per heavy atom. The summed E-state index contributed by atoms with van der Waals surface area (Å²) in [6.07, 6.45) is 2.09. The Balaban J connectivity index is 1.22. The van der Waals surface area contributed by atoms with E-state index in [9.17, 15) is 4.79 Å². The number of rotatable bonds is 3. The van der Waals surface area contributed by atoms with Gasteiger partial charge in [-0.25, -0.2) is 4.98 Å². The van der Waals surface area contributed by atoms with Crippen LogP contribution in [0.5, 0.6) is 0 Å². The molecule has 6 rings (SSSR count). The van der Waals surface area contributed by atoms with Crippen molar-refractivity contribution < 1.29 is 4.79 Å². The number of aromatic nitrogens is 2. The molecule has 164 valence electrons. The fourth-order valence-electron chi connectivity index (χ4n) is 4.49. The number of carbonyl (C=O) groups is 1. The first kappa shape index (κ1) is 20.0. The first-order valence-corrected chi connectivity index (χ1v) is 12.1. The van der Waals surface area contributed by atoms with Gasteiger partial charge in [0.25, 0.3) is 5.91 Å². The molecule has 3 heterocycles. The number of benzene rings is 3. The molecule has 0 atom stereocenters. The van der Waals surface area contributed by atoms with Gasteiger partial charge in [-0.1, -0.05) is 59.4 Å². The summed E-state index contributed by atoms with van der Waals surface area (Å²) in [5.41, 5.74) is 6.39. The highest BCUT2D eigenvalue weighted by atomic mass is 32.1.